The van der Waals surface area contributed by atoms with Crippen molar-refractivity contribution >= 4 is 33.0 Å². The van der Waals surface area contributed by atoms with Gasteiger partial charge in [-0.2, -0.15) is 0 Å². The number of nitrogens with zero attached hydrogens (tertiary/aromatic N) is 1. The number of anilines is 2. The number of hydrogen-bond donors (Lipinski definition) is 1. The topological polar surface area (TPSA) is 63.4 Å². The van der Waals surface area contributed by atoms with Gasteiger partial charge in [0.1, 0.15) is 0 Å². The minimum atomic E-state index is -3.32. The van der Waals surface area contributed by atoms with Crippen LogP contribution in [0, 0.1) is 0 Å². The molecule has 2 N–H and O–H groups in total. The third kappa shape index (κ3) is 3.51. The van der Waals surface area contributed by atoms with E-state index in [1.165, 1.54) is 11.4 Å². The summed E-state index contributed by atoms with van der Waals surface area (Å²) in [5.74, 6) is 0.117. The molecule has 0 aliphatic rings. The molecule has 0 aromatic heterocycles. The van der Waals surface area contributed by atoms with Crippen LogP contribution in [0.2, 0.25) is 5.02 Å². The SMILES string of the molecule is CCCCS(=O)(=O)N(C)c1cc(Cl)ccc1N. The second kappa shape index (κ2) is 5.60. The summed E-state index contributed by atoms with van der Waals surface area (Å²) in [4.78, 5) is 0. The quantitative estimate of drug-likeness (QED) is 0.841. The second-order valence-electron chi connectivity index (χ2n) is 3.84. The summed E-state index contributed by atoms with van der Waals surface area (Å²) < 4.78 is 25.2. The van der Waals surface area contributed by atoms with E-state index in [-0.39, 0.29) is 5.75 Å². The molecule has 0 atom stereocenters. The molecule has 0 aliphatic carbocycles. The second-order valence-corrected chi connectivity index (χ2v) is 6.40. The third-order valence-electron chi connectivity index (χ3n) is 2.50. The molecule has 0 fully saturated rings. The third-order valence-corrected chi connectivity index (χ3v) is 4.58. The molecule has 0 bridgehead atoms. The number of nitrogen functional groups attached to an aromatic ring is 1. The number of unbranched alkanes of at least 4 members (excludes halogenated alkanes) is 1. The highest BCUT2D eigenvalue weighted by Gasteiger charge is 2.19. The summed E-state index contributed by atoms with van der Waals surface area (Å²) in [5, 5.41) is 0.465. The Morgan fingerprint density at radius 1 is 1.41 bits per heavy atom. The molecule has 6 heteroatoms. The van der Waals surface area contributed by atoms with Crippen LogP contribution in [-0.4, -0.2) is 21.2 Å². The zero-order chi connectivity index (χ0) is 13.1. The van der Waals surface area contributed by atoms with Crippen molar-refractivity contribution in [2.45, 2.75) is 19.8 Å². The maximum Gasteiger partial charge on any atom is 0.234 e. The maximum atomic E-state index is 12.0. The highest BCUT2D eigenvalue weighted by Crippen LogP contribution is 2.28. The highest BCUT2D eigenvalue weighted by atomic mass is 35.5. The van der Waals surface area contributed by atoms with Gasteiger partial charge in [0.05, 0.1) is 17.1 Å². The Morgan fingerprint density at radius 2 is 2.06 bits per heavy atom. The Morgan fingerprint density at radius 3 is 2.65 bits per heavy atom. The van der Waals surface area contributed by atoms with E-state index in [0.717, 1.165) is 6.42 Å². The fourth-order valence-electron chi connectivity index (χ4n) is 1.40. The first-order valence-corrected chi connectivity index (χ1v) is 7.39. The van der Waals surface area contributed by atoms with Gasteiger partial charge < -0.3 is 5.73 Å². The molecule has 0 amide bonds. The Hall–Kier alpha value is -0.940. The van der Waals surface area contributed by atoms with Gasteiger partial charge >= 0.3 is 0 Å². The fourth-order valence-corrected chi connectivity index (χ4v) is 2.95. The van der Waals surface area contributed by atoms with Gasteiger partial charge in [-0.3, -0.25) is 4.31 Å². The first kappa shape index (κ1) is 14.1. The van der Waals surface area contributed by atoms with Crippen LogP contribution in [0.4, 0.5) is 11.4 Å². The molecule has 0 aliphatic heterocycles. The first-order valence-electron chi connectivity index (χ1n) is 5.40. The number of sulfonamides is 1. The predicted octanol–water partition coefficient (Wildman–Crippen LogP) is 2.49. The molecule has 4 nitrogen and oxygen atoms in total. The van der Waals surface area contributed by atoms with Gasteiger partial charge in [0.25, 0.3) is 0 Å². The van der Waals surface area contributed by atoms with E-state index in [9.17, 15) is 8.42 Å². The van der Waals surface area contributed by atoms with E-state index in [1.807, 2.05) is 6.92 Å². The molecule has 96 valence electrons. The molecular formula is C11H17ClN2O2S. The number of benzene rings is 1. The Kier molecular flexibility index (Phi) is 4.65. The van der Waals surface area contributed by atoms with Crippen LogP contribution in [0.3, 0.4) is 0 Å². The molecule has 0 heterocycles. The van der Waals surface area contributed by atoms with E-state index >= 15 is 0 Å². The monoisotopic (exact) mass is 276 g/mol. The minimum absolute atomic E-state index is 0.117. The lowest BCUT2D eigenvalue weighted by atomic mass is 10.3. The number of halogens is 1. The highest BCUT2D eigenvalue weighted by molar-refractivity contribution is 7.92. The molecule has 17 heavy (non-hydrogen) atoms. The smallest absolute Gasteiger partial charge is 0.234 e. The lowest BCUT2D eigenvalue weighted by molar-refractivity contribution is 0.591. The molecule has 1 rings (SSSR count). The maximum absolute atomic E-state index is 12.0. The summed E-state index contributed by atoms with van der Waals surface area (Å²) in [6.45, 7) is 1.95. The van der Waals surface area contributed by atoms with Crippen LogP contribution < -0.4 is 10.0 Å². The van der Waals surface area contributed by atoms with E-state index in [2.05, 4.69) is 0 Å². The van der Waals surface area contributed by atoms with Crippen LogP contribution in [0.25, 0.3) is 0 Å². The van der Waals surface area contributed by atoms with Gasteiger partial charge in [-0.15, -0.1) is 0 Å². The largest absolute Gasteiger partial charge is 0.397 e. The Balaban J connectivity index is 3.03. The van der Waals surface area contributed by atoms with E-state index in [1.54, 1.807) is 18.2 Å². The zero-order valence-corrected chi connectivity index (χ0v) is 11.6. The van der Waals surface area contributed by atoms with Gasteiger partial charge in [-0.05, 0) is 24.6 Å². The van der Waals surface area contributed by atoms with Gasteiger partial charge in [0.2, 0.25) is 10.0 Å². The van der Waals surface area contributed by atoms with Crippen LogP contribution in [-0.2, 0) is 10.0 Å². The Labute approximate surface area is 107 Å². The number of nitrogens with two attached hydrogens (primary N) is 1. The lowest BCUT2D eigenvalue weighted by Crippen LogP contribution is -2.29. The van der Waals surface area contributed by atoms with Crippen molar-refractivity contribution in [2.75, 3.05) is 22.8 Å². The van der Waals surface area contributed by atoms with Crippen molar-refractivity contribution in [2.24, 2.45) is 0 Å². The average molecular weight is 277 g/mol. The fraction of sp³-hybridized carbons (Fsp3) is 0.455. The van der Waals surface area contributed by atoms with E-state index in [4.69, 9.17) is 17.3 Å². The lowest BCUT2D eigenvalue weighted by Gasteiger charge is -2.21. The van der Waals surface area contributed by atoms with Gasteiger partial charge in [0.15, 0.2) is 0 Å². The van der Waals surface area contributed by atoms with Crippen LogP contribution in [0.5, 0.6) is 0 Å². The Bertz CT molecular complexity index is 488. The van der Waals surface area contributed by atoms with Crippen molar-refractivity contribution in [3.05, 3.63) is 23.2 Å². The van der Waals surface area contributed by atoms with Crippen LogP contribution in [0.1, 0.15) is 19.8 Å². The minimum Gasteiger partial charge on any atom is -0.397 e. The van der Waals surface area contributed by atoms with Crippen molar-refractivity contribution in [1.82, 2.24) is 0 Å². The summed E-state index contributed by atoms with van der Waals surface area (Å²) in [7, 11) is -1.83. The number of rotatable bonds is 5. The first-order chi connectivity index (χ1) is 7.88. The molecule has 0 saturated carbocycles. The summed E-state index contributed by atoms with van der Waals surface area (Å²) in [5.41, 5.74) is 6.58. The van der Waals surface area contributed by atoms with E-state index in [0.29, 0.717) is 22.8 Å². The molecular weight excluding hydrogens is 260 g/mol. The number of hydrogen-bond acceptors (Lipinski definition) is 3. The van der Waals surface area contributed by atoms with Crippen LogP contribution >= 0.6 is 11.6 Å². The van der Waals surface area contributed by atoms with Gasteiger partial charge in [-0.25, -0.2) is 8.42 Å². The average Bonchev–Trinajstić information content (AvgIpc) is 2.29. The summed E-state index contributed by atoms with van der Waals surface area (Å²) >= 11 is 5.84. The molecule has 0 unspecified atom stereocenters. The molecule has 0 radical (unpaired) electrons. The summed E-state index contributed by atoms with van der Waals surface area (Å²) in [6.07, 6.45) is 1.46. The standard InChI is InChI=1S/C11H17ClN2O2S/c1-3-4-7-17(15,16)14(2)11-8-9(12)5-6-10(11)13/h5-6,8H,3-4,7,13H2,1-2H3. The van der Waals surface area contributed by atoms with Gasteiger partial charge in [-0.1, -0.05) is 24.9 Å². The molecule has 1 aromatic carbocycles. The predicted molar refractivity (Wildman–Crippen MR) is 73.0 cm³/mol. The normalized spacial score (nSPS) is 11.5. The molecule has 1 aromatic rings. The van der Waals surface area contributed by atoms with Crippen molar-refractivity contribution < 1.29 is 8.42 Å². The van der Waals surface area contributed by atoms with Crippen molar-refractivity contribution in [1.29, 1.82) is 0 Å². The molecule has 0 saturated heterocycles. The van der Waals surface area contributed by atoms with Gasteiger partial charge in [0, 0.05) is 12.1 Å². The van der Waals surface area contributed by atoms with Crippen LogP contribution in [0.15, 0.2) is 18.2 Å². The van der Waals surface area contributed by atoms with E-state index < -0.39 is 10.0 Å². The van der Waals surface area contributed by atoms with Crippen molar-refractivity contribution in [3.8, 4) is 0 Å². The zero-order valence-electron chi connectivity index (χ0n) is 9.98. The molecule has 0 spiro atoms. The van der Waals surface area contributed by atoms with Crippen molar-refractivity contribution in [3.63, 3.8) is 0 Å². The summed E-state index contributed by atoms with van der Waals surface area (Å²) in [6, 6.07) is 4.79.